The summed E-state index contributed by atoms with van der Waals surface area (Å²) >= 11 is 0. The molecule has 0 aliphatic heterocycles. The molecule has 3 aromatic carbocycles. The summed E-state index contributed by atoms with van der Waals surface area (Å²) in [5.74, 6) is 0.293. The van der Waals surface area contributed by atoms with Gasteiger partial charge in [-0.05, 0) is 47.5 Å². The fraction of sp³-hybridized carbons (Fsp3) is 0.192. The predicted molar refractivity (Wildman–Crippen MR) is 127 cm³/mol. The van der Waals surface area contributed by atoms with Crippen LogP contribution in [0.5, 0.6) is 5.75 Å². The third-order valence-corrected chi connectivity index (χ3v) is 5.29. The molecule has 6 nitrogen and oxygen atoms in total. The van der Waals surface area contributed by atoms with Crippen molar-refractivity contribution in [3.05, 3.63) is 72.3 Å². The maximum absolute atomic E-state index is 13.0. The van der Waals surface area contributed by atoms with E-state index in [1.165, 1.54) is 0 Å². The molecule has 1 heterocycles. The Balaban J connectivity index is 1.69. The van der Waals surface area contributed by atoms with Crippen molar-refractivity contribution in [2.45, 2.75) is 13.3 Å². The van der Waals surface area contributed by atoms with Crippen LogP contribution in [0.25, 0.3) is 32.9 Å². The third kappa shape index (κ3) is 4.54. The lowest BCUT2D eigenvalue weighted by molar-refractivity contribution is -0.120. The standard InChI is InChI=1S/C26H25N3O3/c1-3-12-27-25(30)16-28-26(31)22-15-24(29-23-7-5-4-6-21(22)23)19-9-8-18-14-20(32-2)11-10-17(18)13-19/h4-11,13-15H,3,12,16H2,1-2H3,(H,27,30)(H,28,31). The molecule has 4 aromatic rings. The fourth-order valence-electron chi connectivity index (χ4n) is 3.60. The molecule has 0 saturated carbocycles. The van der Waals surface area contributed by atoms with Crippen LogP contribution in [0.3, 0.4) is 0 Å². The first-order valence-electron chi connectivity index (χ1n) is 10.6. The molecule has 1 aromatic heterocycles. The molecule has 0 unspecified atom stereocenters. The van der Waals surface area contributed by atoms with E-state index in [1.807, 2.05) is 67.6 Å². The van der Waals surface area contributed by atoms with Crippen LogP contribution in [0.1, 0.15) is 23.7 Å². The molecule has 162 valence electrons. The number of hydrogen-bond acceptors (Lipinski definition) is 4. The molecule has 0 saturated heterocycles. The van der Waals surface area contributed by atoms with Gasteiger partial charge in [-0.15, -0.1) is 0 Å². The van der Waals surface area contributed by atoms with Crippen molar-refractivity contribution in [1.29, 1.82) is 0 Å². The summed E-state index contributed by atoms with van der Waals surface area (Å²) in [6.45, 7) is 2.50. The monoisotopic (exact) mass is 427 g/mol. The van der Waals surface area contributed by atoms with Crippen molar-refractivity contribution in [2.24, 2.45) is 0 Å². The largest absolute Gasteiger partial charge is 0.497 e. The van der Waals surface area contributed by atoms with Crippen molar-refractivity contribution in [2.75, 3.05) is 20.2 Å². The molecule has 2 amide bonds. The number of fused-ring (bicyclic) bond motifs is 2. The average Bonchev–Trinajstić information content (AvgIpc) is 2.84. The van der Waals surface area contributed by atoms with Crippen LogP contribution in [-0.2, 0) is 4.79 Å². The Labute approximate surface area is 186 Å². The van der Waals surface area contributed by atoms with Gasteiger partial charge in [0, 0.05) is 17.5 Å². The Morgan fingerprint density at radius 1 is 0.938 bits per heavy atom. The van der Waals surface area contributed by atoms with Gasteiger partial charge in [-0.3, -0.25) is 9.59 Å². The number of nitrogens with zero attached hydrogens (tertiary/aromatic N) is 1. The van der Waals surface area contributed by atoms with Crippen molar-refractivity contribution < 1.29 is 14.3 Å². The predicted octanol–water partition coefficient (Wildman–Crippen LogP) is 4.32. The molecular formula is C26H25N3O3. The van der Waals surface area contributed by atoms with Crippen LogP contribution in [0.15, 0.2) is 66.7 Å². The molecule has 2 N–H and O–H groups in total. The van der Waals surface area contributed by atoms with E-state index in [2.05, 4.69) is 10.6 Å². The second-order valence-electron chi connectivity index (χ2n) is 7.53. The van der Waals surface area contributed by atoms with E-state index in [9.17, 15) is 9.59 Å². The molecule has 0 bridgehead atoms. The van der Waals surface area contributed by atoms with Crippen molar-refractivity contribution in [3.63, 3.8) is 0 Å². The zero-order valence-corrected chi connectivity index (χ0v) is 18.1. The van der Waals surface area contributed by atoms with Gasteiger partial charge in [0.15, 0.2) is 0 Å². The molecule has 0 fully saturated rings. The summed E-state index contributed by atoms with van der Waals surface area (Å²) in [5.41, 5.74) is 2.81. The van der Waals surface area contributed by atoms with Crippen LogP contribution in [0, 0.1) is 0 Å². The SMILES string of the molecule is CCCNC(=O)CNC(=O)c1cc(-c2ccc3cc(OC)ccc3c2)nc2ccccc12. The van der Waals surface area contributed by atoms with E-state index in [-0.39, 0.29) is 18.4 Å². The van der Waals surface area contributed by atoms with Gasteiger partial charge in [-0.25, -0.2) is 4.98 Å². The number of hydrogen-bond donors (Lipinski definition) is 2. The number of pyridine rings is 1. The highest BCUT2D eigenvalue weighted by Crippen LogP contribution is 2.29. The van der Waals surface area contributed by atoms with Gasteiger partial charge >= 0.3 is 0 Å². The highest BCUT2D eigenvalue weighted by molar-refractivity contribution is 6.08. The molecule has 32 heavy (non-hydrogen) atoms. The van der Waals surface area contributed by atoms with Crippen molar-refractivity contribution >= 4 is 33.5 Å². The number of carbonyl (C=O) groups excluding carboxylic acids is 2. The normalized spacial score (nSPS) is 10.8. The average molecular weight is 428 g/mol. The summed E-state index contributed by atoms with van der Waals surface area (Å²) in [6, 6.07) is 21.3. The molecular weight excluding hydrogens is 402 g/mol. The van der Waals surface area contributed by atoms with Crippen molar-refractivity contribution in [3.8, 4) is 17.0 Å². The van der Waals surface area contributed by atoms with Gasteiger partial charge in [0.2, 0.25) is 5.91 Å². The molecule has 0 radical (unpaired) electrons. The van der Waals surface area contributed by atoms with Gasteiger partial charge < -0.3 is 15.4 Å². The highest BCUT2D eigenvalue weighted by Gasteiger charge is 2.15. The maximum Gasteiger partial charge on any atom is 0.252 e. The summed E-state index contributed by atoms with van der Waals surface area (Å²) in [6.07, 6.45) is 0.844. The molecule has 0 aliphatic rings. The number of aromatic nitrogens is 1. The number of ether oxygens (including phenoxy) is 1. The first-order chi connectivity index (χ1) is 15.6. The quantitative estimate of drug-likeness (QED) is 0.460. The Bertz CT molecular complexity index is 1300. The number of amides is 2. The van der Waals surface area contributed by atoms with E-state index in [0.717, 1.165) is 39.4 Å². The summed E-state index contributed by atoms with van der Waals surface area (Å²) in [5, 5.41) is 8.35. The highest BCUT2D eigenvalue weighted by atomic mass is 16.5. The lowest BCUT2D eigenvalue weighted by Gasteiger charge is -2.11. The lowest BCUT2D eigenvalue weighted by atomic mass is 10.0. The van der Waals surface area contributed by atoms with Gasteiger partial charge in [0.25, 0.3) is 5.91 Å². The molecule has 6 heteroatoms. The second kappa shape index (κ2) is 9.47. The number of carbonyl (C=O) groups is 2. The minimum absolute atomic E-state index is 0.0668. The van der Waals surface area contributed by atoms with Crippen LogP contribution in [0.2, 0.25) is 0 Å². The number of nitrogens with one attached hydrogen (secondary N) is 2. The number of para-hydroxylation sites is 1. The second-order valence-corrected chi connectivity index (χ2v) is 7.53. The van der Waals surface area contributed by atoms with E-state index in [4.69, 9.17) is 9.72 Å². The fourth-order valence-corrected chi connectivity index (χ4v) is 3.60. The zero-order valence-electron chi connectivity index (χ0n) is 18.1. The zero-order chi connectivity index (χ0) is 22.5. The van der Waals surface area contributed by atoms with Crippen molar-refractivity contribution in [1.82, 2.24) is 15.6 Å². The number of benzene rings is 3. The smallest absolute Gasteiger partial charge is 0.252 e. The summed E-state index contributed by atoms with van der Waals surface area (Å²) in [7, 11) is 1.65. The molecule has 0 atom stereocenters. The van der Waals surface area contributed by atoms with E-state index in [0.29, 0.717) is 17.8 Å². The molecule has 4 rings (SSSR count). The van der Waals surface area contributed by atoms with Crippen LogP contribution in [-0.4, -0.2) is 37.0 Å². The van der Waals surface area contributed by atoms with E-state index in [1.54, 1.807) is 13.2 Å². The molecule has 0 spiro atoms. The lowest BCUT2D eigenvalue weighted by Crippen LogP contribution is -2.37. The minimum atomic E-state index is -0.304. The topological polar surface area (TPSA) is 80.3 Å². The Morgan fingerprint density at radius 3 is 2.53 bits per heavy atom. The first-order valence-corrected chi connectivity index (χ1v) is 10.6. The van der Waals surface area contributed by atoms with E-state index >= 15 is 0 Å². The van der Waals surface area contributed by atoms with Crippen LogP contribution < -0.4 is 15.4 Å². The number of methoxy groups -OCH3 is 1. The molecule has 0 aliphatic carbocycles. The van der Waals surface area contributed by atoms with Crippen LogP contribution >= 0.6 is 0 Å². The minimum Gasteiger partial charge on any atom is -0.497 e. The Morgan fingerprint density at radius 2 is 1.72 bits per heavy atom. The van der Waals surface area contributed by atoms with Crippen LogP contribution in [0.4, 0.5) is 0 Å². The van der Waals surface area contributed by atoms with Gasteiger partial charge in [0.05, 0.1) is 30.4 Å². The Hall–Kier alpha value is -3.93. The Kier molecular flexibility index (Phi) is 6.31. The van der Waals surface area contributed by atoms with E-state index < -0.39 is 0 Å². The number of rotatable bonds is 7. The van der Waals surface area contributed by atoms with Gasteiger partial charge in [0.1, 0.15) is 5.75 Å². The summed E-state index contributed by atoms with van der Waals surface area (Å²) < 4.78 is 5.30. The third-order valence-electron chi connectivity index (χ3n) is 5.29. The summed E-state index contributed by atoms with van der Waals surface area (Å²) in [4.78, 5) is 29.7. The first kappa shape index (κ1) is 21.3. The van der Waals surface area contributed by atoms with Gasteiger partial charge in [-0.1, -0.05) is 43.3 Å². The maximum atomic E-state index is 13.0. The van der Waals surface area contributed by atoms with Gasteiger partial charge in [-0.2, -0.15) is 0 Å².